The topological polar surface area (TPSA) is 59.3 Å². The van der Waals surface area contributed by atoms with E-state index in [4.69, 9.17) is 0 Å². The number of aromatic nitrogens is 2. The van der Waals surface area contributed by atoms with Crippen LogP contribution in [0.1, 0.15) is 22.9 Å². The Morgan fingerprint density at radius 1 is 1.04 bits per heavy atom. The van der Waals surface area contributed by atoms with Gasteiger partial charge in [-0.05, 0) is 19.1 Å². The molecule has 2 heterocycles. The lowest BCUT2D eigenvalue weighted by atomic mass is 10.1. The van der Waals surface area contributed by atoms with Gasteiger partial charge in [-0.2, -0.15) is 5.10 Å². The van der Waals surface area contributed by atoms with Gasteiger partial charge in [0.05, 0.1) is 11.4 Å². The SMILES string of the molecule is Cc1nn(-c2ccccc2)c2c1C(C=O)N=C(c1ccccc1)N2. The van der Waals surface area contributed by atoms with Crippen LogP contribution in [0.5, 0.6) is 0 Å². The molecular weight excluding hydrogens is 300 g/mol. The second kappa shape index (κ2) is 5.77. The van der Waals surface area contributed by atoms with Crippen molar-refractivity contribution < 1.29 is 4.79 Å². The lowest BCUT2D eigenvalue weighted by molar-refractivity contribution is -0.108. The van der Waals surface area contributed by atoms with Gasteiger partial charge in [0.15, 0.2) is 0 Å². The van der Waals surface area contributed by atoms with Crippen LogP contribution in [0.25, 0.3) is 5.69 Å². The van der Waals surface area contributed by atoms with Gasteiger partial charge in [0.25, 0.3) is 0 Å². The maximum atomic E-state index is 11.6. The van der Waals surface area contributed by atoms with Crippen LogP contribution >= 0.6 is 0 Å². The fourth-order valence-electron chi connectivity index (χ4n) is 2.96. The van der Waals surface area contributed by atoms with E-state index in [0.717, 1.165) is 34.6 Å². The van der Waals surface area contributed by atoms with Gasteiger partial charge in [0.1, 0.15) is 24.0 Å². The molecule has 0 bridgehead atoms. The van der Waals surface area contributed by atoms with E-state index in [2.05, 4.69) is 15.4 Å². The molecule has 3 aromatic rings. The van der Waals surface area contributed by atoms with Crippen molar-refractivity contribution in [3.8, 4) is 5.69 Å². The van der Waals surface area contributed by atoms with Crippen LogP contribution in [-0.4, -0.2) is 21.9 Å². The van der Waals surface area contributed by atoms with Gasteiger partial charge in [-0.15, -0.1) is 0 Å². The minimum absolute atomic E-state index is 0.547. The molecule has 1 atom stereocenters. The summed E-state index contributed by atoms with van der Waals surface area (Å²) in [4.78, 5) is 16.2. The molecule has 5 heteroatoms. The van der Waals surface area contributed by atoms with Gasteiger partial charge in [0.2, 0.25) is 0 Å². The molecule has 0 amide bonds. The van der Waals surface area contributed by atoms with Crippen LogP contribution in [0.4, 0.5) is 5.82 Å². The van der Waals surface area contributed by atoms with E-state index in [1.165, 1.54) is 0 Å². The fourth-order valence-corrected chi connectivity index (χ4v) is 2.96. The second-order valence-corrected chi connectivity index (χ2v) is 5.64. The molecule has 0 saturated heterocycles. The third kappa shape index (κ3) is 2.31. The third-order valence-corrected chi connectivity index (χ3v) is 4.08. The number of nitrogens with zero attached hydrogens (tertiary/aromatic N) is 3. The van der Waals surface area contributed by atoms with E-state index in [1.807, 2.05) is 72.3 Å². The lowest BCUT2D eigenvalue weighted by Crippen LogP contribution is -2.23. The standard InChI is InChI=1S/C19H16N4O/c1-13-17-16(12-24)20-18(14-8-4-2-5-9-14)21-19(17)23(22-13)15-10-6-3-7-11-15/h2-12,16H,1H3,(H,20,21). The van der Waals surface area contributed by atoms with Gasteiger partial charge >= 0.3 is 0 Å². The van der Waals surface area contributed by atoms with Crippen molar-refractivity contribution >= 4 is 17.9 Å². The van der Waals surface area contributed by atoms with Crippen molar-refractivity contribution in [2.45, 2.75) is 13.0 Å². The third-order valence-electron chi connectivity index (χ3n) is 4.08. The molecule has 1 aromatic heterocycles. The molecule has 4 rings (SSSR count). The Bertz CT molecular complexity index is 913. The molecule has 0 fully saturated rings. The zero-order chi connectivity index (χ0) is 16.5. The first kappa shape index (κ1) is 14.4. The maximum Gasteiger partial charge on any atom is 0.149 e. The Balaban J connectivity index is 1.86. The van der Waals surface area contributed by atoms with E-state index in [9.17, 15) is 4.79 Å². The van der Waals surface area contributed by atoms with Gasteiger partial charge in [-0.1, -0.05) is 48.5 Å². The second-order valence-electron chi connectivity index (χ2n) is 5.64. The van der Waals surface area contributed by atoms with Crippen molar-refractivity contribution in [3.05, 3.63) is 77.5 Å². The number of carbonyl (C=O) groups excluding carboxylic acids is 1. The summed E-state index contributed by atoms with van der Waals surface area (Å²) in [6.45, 7) is 1.90. The van der Waals surface area contributed by atoms with E-state index in [1.54, 1.807) is 0 Å². The highest BCUT2D eigenvalue weighted by Crippen LogP contribution is 2.34. The Labute approximate surface area is 139 Å². The summed E-state index contributed by atoms with van der Waals surface area (Å²) >= 11 is 0. The summed E-state index contributed by atoms with van der Waals surface area (Å²) in [5, 5.41) is 7.97. The van der Waals surface area contributed by atoms with Crippen molar-refractivity contribution in [1.82, 2.24) is 9.78 Å². The minimum Gasteiger partial charge on any atom is -0.324 e. The van der Waals surface area contributed by atoms with E-state index in [0.29, 0.717) is 5.84 Å². The van der Waals surface area contributed by atoms with Gasteiger partial charge in [-0.3, -0.25) is 4.99 Å². The predicted octanol–water partition coefficient (Wildman–Crippen LogP) is 3.29. The van der Waals surface area contributed by atoms with Gasteiger partial charge < -0.3 is 10.1 Å². The number of hydrogen-bond acceptors (Lipinski definition) is 4. The maximum absolute atomic E-state index is 11.6. The van der Waals surface area contributed by atoms with Crippen molar-refractivity contribution in [2.24, 2.45) is 4.99 Å². The molecule has 1 aliphatic rings. The van der Waals surface area contributed by atoms with E-state index >= 15 is 0 Å². The molecule has 1 aliphatic heterocycles. The quantitative estimate of drug-likeness (QED) is 0.754. The predicted molar refractivity (Wildman–Crippen MR) is 93.7 cm³/mol. The van der Waals surface area contributed by atoms with E-state index in [-0.39, 0.29) is 0 Å². The van der Waals surface area contributed by atoms with E-state index < -0.39 is 6.04 Å². The number of nitrogens with one attached hydrogen (secondary N) is 1. The molecule has 1 N–H and O–H groups in total. The minimum atomic E-state index is -0.547. The zero-order valence-electron chi connectivity index (χ0n) is 13.2. The number of fused-ring (bicyclic) bond motifs is 1. The summed E-state index contributed by atoms with van der Waals surface area (Å²) in [6, 6.07) is 19.1. The monoisotopic (exact) mass is 316 g/mol. The summed E-state index contributed by atoms with van der Waals surface area (Å²) in [7, 11) is 0. The highest BCUT2D eigenvalue weighted by atomic mass is 16.1. The van der Waals surface area contributed by atoms with Crippen molar-refractivity contribution in [2.75, 3.05) is 5.32 Å². The number of aldehydes is 1. The number of amidine groups is 1. The largest absolute Gasteiger partial charge is 0.324 e. The first-order chi connectivity index (χ1) is 11.8. The number of anilines is 1. The molecule has 1 unspecified atom stereocenters. The highest BCUT2D eigenvalue weighted by Gasteiger charge is 2.29. The van der Waals surface area contributed by atoms with Crippen LogP contribution < -0.4 is 5.32 Å². The van der Waals surface area contributed by atoms with Gasteiger partial charge in [0, 0.05) is 11.1 Å². The number of carbonyl (C=O) groups is 1. The zero-order valence-corrected chi connectivity index (χ0v) is 13.2. The molecule has 0 spiro atoms. The fraction of sp³-hybridized carbons (Fsp3) is 0.105. The van der Waals surface area contributed by atoms with Crippen LogP contribution in [0.2, 0.25) is 0 Å². The highest BCUT2D eigenvalue weighted by molar-refractivity contribution is 6.10. The number of hydrogen-bond donors (Lipinski definition) is 1. The van der Waals surface area contributed by atoms with Gasteiger partial charge in [-0.25, -0.2) is 4.68 Å². The average molecular weight is 316 g/mol. The summed E-state index contributed by atoms with van der Waals surface area (Å²) in [5.74, 6) is 1.47. The normalized spacial score (nSPS) is 16.0. The Morgan fingerprint density at radius 3 is 2.38 bits per heavy atom. The number of benzene rings is 2. The molecule has 2 aromatic carbocycles. The molecule has 0 radical (unpaired) electrons. The number of aliphatic imine (C=N–C) groups is 1. The molecule has 5 nitrogen and oxygen atoms in total. The van der Waals surface area contributed by atoms with Crippen LogP contribution in [0.3, 0.4) is 0 Å². The number of rotatable bonds is 3. The Hall–Kier alpha value is -3.21. The lowest BCUT2D eigenvalue weighted by Gasteiger charge is -2.21. The first-order valence-corrected chi connectivity index (χ1v) is 7.78. The summed E-state index contributed by atoms with van der Waals surface area (Å²) in [5.41, 5.74) is 3.50. The number of aryl methyl sites for hydroxylation is 1. The average Bonchev–Trinajstić information content (AvgIpc) is 2.99. The molecular formula is C19H16N4O. The first-order valence-electron chi connectivity index (χ1n) is 7.78. The Morgan fingerprint density at radius 2 is 1.71 bits per heavy atom. The molecule has 0 aliphatic carbocycles. The molecule has 0 saturated carbocycles. The van der Waals surface area contributed by atoms with Crippen LogP contribution in [-0.2, 0) is 4.79 Å². The van der Waals surface area contributed by atoms with Crippen molar-refractivity contribution in [3.63, 3.8) is 0 Å². The van der Waals surface area contributed by atoms with Crippen LogP contribution in [0, 0.1) is 6.92 Å². The smallest absolute Gasteiger partial charge is 0.149 e. The molecule has 24 heavy (non-hydrogen) atoms. The summed E-state index contributed by atoms with van der Waals surface area (Å²) in [6.07, 6.45) is 0.868. The summed E-state index contributed by atoms with van der Waals surface area (Å²) < 4.78 is 1.83. The Kier molecular flexibility index (Phi) is 3.46. The van der Waals surface area contributed by atoms with Crippen molar-refractivity contribution in [1.29, 1.82) is 0 Å². The number of para-hydroxylation sites is 1. The molecule has 118 valence electrons. The van der Waals surface area contributed by atoms with Crippen LogP contribution in [0.15, 0.2) is 65.7 Å².